The molecule has 2 aromatic heterocycles. The first-order chi connectivity index (χ1) is 30.7. The molecule has 0 saturated carbocycles. The van der Waals surface area contributed by atoms with Crippen molar-refractivity contribution in [1.82, 2.24) is 15.0 Å². The molecule has 11 aromatic rings. The first kappa shape index (κ1) is 35.0. The quantitative estimate of drug-likeness (QED) is 0.174. The van der Waals surface area contributed by atoms with E-state index < -0.39 is 5.41 Å². The van der Waals surface area contributed by atoms with Crippen LogP contribution < -0.4 is 0 Å². The predicted octanol–water partition coefficient (Wildman–Crippen LogP) is 14.9. The van der Waals surface area contributed by atoms with E-state index in [1.165, 1.54) is 75.8 Å². The minimum atomic E-state index is -0.402. The van der Waals surface area contributed by atoms with Crippen LogP contribution in [0.1, 0.15) is 22.3 Å². The standard InChI is InChI=1S/C58H35N3S/c1-2-14-37(15-3-1)55-59-56(38-30-28-36(29-31-38)39-32-33-53-47(35-39)45-20-7-11-27-52(45)62-53)61-57(60-55)41-17-12-16-40(34-41)42-22-13-26-51-54(42)46-21-6-10-25-50(46)58(51)48-23-8-4-18-43(48)44-19-5-9-24-49(44)58/h1-35H. The largest absolute Gasteiger partial charge is 0.208 e. The number of thiophene rings is 1. The fraction of sp³-hybridized carbons (Fsp3) is 0.0172. The van der Waals surface area contributed by atoms with E-state index in [0.717, 1.165) is 27.8 Å². The van der Waals surface area contributed by atoms with Gasteiger partial charge < -0.3 is 0 Å². The third kappa shape index (κ3) is 5.14. The van der Waals surface area contributed by atoms with Crippen molar-refractivity contribution in [3.63, 3.8) is 0 Å². The highest BCUT2D eigenvalue weighted by atomic mass is 32.1. The maximum atomic E-state index is 5.20. The zero-order valence-corrected chi connectivity index (χ0v) is 34.3. The molecule has 0 amide bonds. The zero-order chi connectivity index (χ0) is 40.8. The van der Waals surface area contributed by atoms with Gasteiger partial charge in [-0.15, -0.1) is 11.3 Å². The van der Waals surface area contributed by atoms with Crippen LogP contribution >= 0.6 is 11.3 Å². The number of aromatic nitrogens is 3. The Morgan fingerprint density at radius 1 is 0.290 bits per heavy atom. The Balaban J connectivity index is 0.933. The Hall–Kier alpha value is -7.79. The first-order valence-corrected chi connectivity index (χ1v) is 21.9. The van der Waals surface area contributed by atoms with E-state index in [2.05, 4.69) is 194 Å². The monoisotopic (exact) mass is 805 g/mol. The summed E-state index contributed by atoms with van der Waals surface area (Å²) in [5.41, 5.74) is 17.6. The molecular weight excluding hydrogens is 771 g/mol. The molecule has 13 rings (SSSR count). The van der Waals surface area contributed by atoms with Gasteiger partial charge >= 0.3 is 0 Å². The molecule has 288 valence electrons. The average molecular weight is 806 g/mol. The highest BCUT2D eigenvalue weighted by Gasteiger charge is 2.51. The third-order valence-corrected chi connectivity index (χ3v) is 14.1. The number of hydrogen-bond donors (Lipinski definition) is 0. The summed E-state index contributed by atoms with van der Waals surface area (Å²) in [6.45, 7) is 0. The Bertz CT molecular complexity index is 3540. The lowest BCUT2D eigenvalue weighted by Gasteiger charge is -2.30. The van der Waals surface area contributed by atoms with Gasteiger partial charge in [-0.05, 0) is 91.0 Å². The molecule has 2 aliphatic carbocycles. The van der Waals surface area contributed by atoms with Crippen LogP contribution in [0.5, 0.6) is 0 Å². The van der Waals surface area contributed by atoms with Gasteiger partial charge in [0.1, 0.15) is 0 Å². The molecule has 0 unspecified atom stereocenters. The maximum absolute atomic E-state index is 5.20. The van der Waals surface area contributed by atoms with Gasteiger partial charge in [0.05, 0.1) is 5.41 Å². The van der Waals surface area contributed by atoms with Crippen LogP contribution in [-0.2, 0) is 5.41 Å². The van der Waals surface area contributed by atoms with Gasteiger partial charge in [-0.25, -0.2) is 15.0 Å². The second-order valence-electron chi connectivity index (χ2n) is 16.3. The molecule has 9 aromatic carbocycles. The molecule has 0 bridgehead atoms. The van der Waals surface area contributed by atoms with E-state index in [1.807, 2.05) is 29.5 Å². The molecule has 2 aliphatic rings. The van der Waals surface area contributed by atoms with Gasteiger partial charge in [-0.1, -0.05) is 188 Å². The molecule has 0 radical (unpaired) electrons. The Morgan fingerprint density at radius 2 is 0.774 bits per heavy atom. The summed E-state index contributed by atoms with van der Waals surface area (Å²) in [5, 5.41) is 2.60. The molecule has 1 spiro atoms. The maximum Gasteiger partial charge on any atom is 0.164 e. The highest BCUT2D eigenvalue weighted by Crippen LogP contribution is 2.64. The van der Waals surface area contributed by atoms with Gasteiger partial charge in [-0.2, -0.15) is 0 Å². The van der Waals surface area contributed by atoms with Crippen molar-refractivity contribution < 1.29 is 0 Å². The van der Waals surface area contributed by atoms with Crippen molar-refractivity contribution in [3.05, 3.63) is 235 Å². The van der Waals surface area contributed by atoms with Crippen LogP contribution in [0.15, 0.2) is 212 Å². The number of rotatable bonds is 5. The van der Waals surface area contributed by atoms with Crippen molar-refractivity contribution in [2.45, 2.75) is 5.41 Å². The van der Waals surface area contributed by atoms with E-state index in [0.29, 0.717) is 17.5 Å². The van der Waals surface area contributed by atoms with E-state index in [-0.39, 0.29) is 0 Å². The molecule has 0 aliphatic heterocycles. The minimum Gasteiger partial charge on any atom is -0.208 e. The van der Waals surface area contributed by atoms with Gasteiger partial charge in [0.25, 0.3) is 0 Å². The Morgan fingerprint density at radius 3 is 1.52 bits per heavy atom. The normalized spacial score (nSPS) is 13.0. The van der Waals surface area contributed by atoms with Crippen LogP contribution in [0.4, 0.5) is 0 Å². The second kappa shape index (κ2) is 13.6. The van der Waals surface area contributed by atoms with Crippen LogP contribution in [0, 0.1) is 0 Å². The molecule has 2 heterocycles. The fourth-order valence-corrected chi connectivity index (χ4v) is 11.4. The lowest BCUT2D eigenvalue weighted by atomic mass is 9.70. The summed E-state index contributed by atoms with van der Waals surface area (Å²) in [4.78, 5) is 15.4. The SMILES string of the molecule is c1ccc(-c2nc(-c3ccc(-c4ccc5sc6ccccc6c5c4)cc3)nc(-c3cccc(-c4cccc5c4-c4ccccc4C54c5ccccc5-c5ccccc54)c3)n2)cc1. The second-order valence-corrected chi connectivity index (χ2v) is 17.3. The number of benzene rings is 9. The van der Waals surface area contributed by atoms with E-state index in [9.17, 15) is 0 Å². The van der Waals surface area contributed by atoms with E-state index in [4.69, 9.17) is 15.0 Å². The van der Waals surface area contributed by atoms with Crippen molar-refractivity contribution in [1.29, 1.82) is 0 Å². The van der Waals surface area contributed by atoms with Crippen LogP contribution in [0.2, 0.25) is 0 Å². The molecule has 3 nitrogen and oxygen atoms in total. The third-order valence-electron chi connectivity index (χ3n) is 13.0. The topological polar surface area (TPSA) is 38.7 Å². The summed E-state index contributed by atoms with van der Waals surface area (Å²) < 4.78 is 2.62. The van der Waals surface area contributed by atoms with Crippen molar-refractivity contribution >= 4 is 31.5 Å². The summed E-state index contributed by atoms with van der Waals surface area (Å²) in [5.74, 6) is 1.92. The molecule has 0 N–H and O–H groups in total. The number of nitrogens with zero attached hydrogens (tertiary/aromatic N) is 3. The lowest BCUT2D eigenvalue weighted by Crippen LogP contribution is -2.25. The predicted molar refractivity (Wildman–Crippen MR) is 256 cm³/mol. The fourth-order valence-electron chi connectivity index (χ4n) is 10.3. The van der Waals surface area contributed by atoms with Crippen LogP contribution in [-0.4, -0.2) is 15.0 Å². The summed E-state index contributed by atoms with van der Waals surface area (Å²) >= 11 is 1.84. The molecule has 0 fully saturated rings. The van der Waals surface area contributed by atoms with Gasteiger partial charge in [0.2, 0.25) is 0 Å². The van der Waals surface area contributed by atoms with E-state index in [1.54, 1.807) is 0 Å². The molecule has 0 saturated heterocycles. The first-order valence-electron chi connectivity index (χ1n) is 21.1. The van der Waals surface area contributed by atoms with Gasteiger partial charge in [-0.3, -0.25) is 0 Å². The highest BCUT2D eigenvalue weighted by molar-refractivity contribution is 7.25. The van der Waals surface area contributed by atoms with Crippen molar-refractivity contribution in [2.75, 3.05) is 0 Å². The summed E-state index contributed by atoms with van der Waals surface area (Å²) in [7, 11) is 0. The van der Waals surface area contributed by atoms with Gasteiger partial charge in [0, 0.05) is 36.9 Å². The average Bonchev–Trinajstić information content (AvgIpc) is 3.98. The smallest absolute Gasteiger partial charge is 0.164 e. The van der Waals surface area contributed by atoms with Crippen molar-refractivity contribution in [2.24, 2.45) is 0 Å². The number of fused-ring (bicyclic) bond motifs is 13. The summed E-state index contributed by atoms with van der Waals surface area (Å²) in [6.07, 6.45) is 0. The van der Waals surface area contributed by atoms with Crippen LogP contribution in [0.25, 0.3) is 98.8 Å². The Kier molecular flexibility index (Phi) is 7.69. The molecular formula is C58H35N3S. The number of hydrogen-bond acceptors (Lipinski definition) is 4. The molecule has 4 heteroatoms. The van der Waals surface area contributed by atoms with Gasteiger partial charge in [0.15, 0.2) is 17.5 Å². The Labute approximate surface area is 363 Å². The molecule has 62 heavy (non-hydrogen) atoms. The minimum absolute atomic E-state index is 0.402. The van der Waals surface area contributed by atoms with Crippen molar-refractivity contribution in [3.8, 4) is 78.7 Å². The van der Waals surface area contributed by atoms with Crippen LogP contribution in [0.3, 0.4) is 0 Å². The lowest BCUT2D eigenvalue weighted by molar-refractivity contribution is 0.794. The van der Waals surface area contributed by atoms with E-state index >= 15 is 0 Å². The summed E-state index contributed by atoms with van der Waals surface area (Å²) in [6, 6.07) is 76.8. The molecule has 0 atom stereocenters. The zero-order valence-electron chi connectivity index (χ0n) is 33.5.